The van der Waals surface area contributed by atoms with Crippen LogP contribution in [0.4, 0.5) is 0 Å². The van der Waals surface area contributed by atoms with E-state index in [0.717, 1.165) is 11.1 Å². The fourth-order valence-electron chi connectivity index (χ4n) is 5.24. The van der Waals surface area contributed by atoms with Crippen molar-refractivity contribution in [3.63, 3.8) is 0 Å². The second-order valence-corrected chi connectivity index (χ2v) is 11.4. The van der Waals surface area contributed by atoms with Gasteiger partial charge in [-0.1, -0.05) is 78.9 Å². The van der Waals surface area contributed by atoms with Crippen molar-refractivity contribution >= 4 is 46.3 Å². The monoisotopic (exact) mass is 653 g/mol. The van der Waals surface area contributed by atoms with Gasteiger partial charge in [-0.25, -0.2) is 0 Å². The Labute approximate surface area is 277 Å². The number of rotatable bonds is 16. The third kappa shape index (κ3) is 9.76. The lowest BCUT2D eigenvalue weighted by atomic mass is 10.0. The number of benzene rings is 3. The maximum atomic E-state index is 13.9. The standard InChI is InChI=1S/C35H39N7O6/c1-42(21-23-12-6-3-7-13-23)35(48)29(18-22-10-4-2-5-11-22)41-34(47)28(19-31(44)39-27(32(37)45)16-17-30(36)43)40-33(46)25-20-38-26-15-9-8-14-24(25)26/h2-15,20,27-29,38H,16-19,21H2,1H3,(H2,36,43)(H2,37,45)(H,39,44)(H,40,46)(H,41,47)/t27?,28?,29-/m1/s1. The maximum Gasteiger partial charge on any atom is 0.254 e. The third-order valence-corrected chi connectivity index (χ3v) is 7.74. The van der Waals surface area contributed by atoms with Crippen molar-refractivity contribution in [2.24, 2.45) is 11.5 Å². The molecule has 0 bridgehead atoms. The van der Waals surface area contributed by atoms with Crippen molar-refractivity contribution in [1.29, 1.82) is 0 Å². The highest BCUT2D eigenvalue weighted by molar-refractivity contribution is 6.08. The van der Waals surface area contributed by atoms with Crippen LogP contribution in [0.3, 0.4) is 0 Å². The number of nitrogens with zero attached hydrogens (tertiary/aromatic N) is 1. The van der Waals surface area contributed by atoms with E-state index in [1.807, 2.05) is 60.7 Å². The zero-order chi connectivity index (χ0) is 34.6. The van der Waals surface area contributed by atoms with Gasteiger partial charge in [0, 0.05) is 43.5 Å². The Morgan fingerprint density at radius 3 is 2.02 bits per heavy atom. The van der Waals surface area contributed by atoms with E-state index < -0.39 is 54.1 Å². The number of aromatic nitrogens is 1. The number of hydrogen-bond acceptors (Lipinski definition) is 6. The number of amides is 6. The molecule has 0 aliphatic rings. The number of aromatic amines is 1. The van der Waals surface area contributed by atoms with Crippen LogP contribution in [0.1, 0.15) is 40.7 Å². The van der Waals surface area contributed by atoms with Crippen LogP contribution in [-0.4, -0.2) is 70.5 Å². The molecule has 0 spiro atoms. The van der Waals surface area contributed by atoms with Gasteiger partial charge in [0.15, 0.2) is 0 Å². The topological polar surface area (TPSA) is 210 Å². The predicted molar refractivity (Wildman–Crippen MR) is 179 cm³/mol. The van der Waals surface area contributed by atoms with Crippen LogP contribution < -0.4 is 27.4 Å². The second-order valence-electron chi connectivity index (χ2n) is 11.4. The van der Waals surface area contributed by atoms with Gasteiger partial charge < -0.3 is 37.3 Å². The van der Waals surface area contributed by atoms with Crippen LogP contribution in [0.25, 0.3) is 10.9 Å². The number of H-pyrrole nitrogens is 1. The molecule has 0 saturated carbocycles. The Morgan fingerprint density at radius 2 is 1.38 bits per heavy atom. The van der Waals surface area contributed by atoms with E-state index in [2.05, 4.69) is 20.9 Å². The molecule has 1 heterocycles. The van der Waals surface area contributed by atoms with Crippen molar-refractivity contribution in [3.05, 3.63) is 108 Å². The molecule has 4 aromatic rings. The number of hydrogen-bond donors (Lipinski definition) is 6. The normalized spacial score (nSPS) is 12.7. The molecule has 48 heavy (non-hydrogen) atoms. The highest BCUT2D eigenvalue weighted by atomic mass is 16.2. The van der Waals surface area contributed by atoms with E-state index in [1.165, 1.54) is 11.1 Å². The fourth-order valence-corrected chi connectivity index (χ4v) is 5.24. The number of nitrogens with one attached hydrogen (secondary N) is 4. The van der Waals surface area contributed by atoms with Gasteiger partial charge in [-0.05, 0) is 23.6 Å². The Balaban J connectivity index is 1.59. The van der Waals surface area contributed by atoms with Crippen molar-refractivity contribution in [3.8, 4) is 0 Å². The third-order valence-electron chi connectivity index (χ3n) is 7.74. The van der Waals surface area contributed by atoms with E-state index in [-0.39, 0.29) is 37.3 Å². The molecule has 0 radical (unpaired) electrons. The van der Waals surface area contributed by atoms with E-state index in [1.54, 1.807) is 31.3 Å². The number of para-hydroxylation sites is 1. The molecular formula is C35H39N7O6. The molecule has 2 unspecified atom stereocenters. The van der Waals surface area contributed by atoms with E-state index in [4.69, 9.17) is 11.5 Å². The summed E-state index contributed by atoms with van der Waals surface area (Å²) in [6.07, 6.45) is 0.663. The van der Waals surface area contributed by atoms with Crippen LogP contribution >= 0.6 is 0 Å². The zero-order valence-corrected chi connectivity index (χ0v) is 26.5. The largest absolute Gasteiger partial charge is 0.370 e. The number of fused-ring (bicyclic) bond motifs is 1. The van der Waals surface area contributed by atoms with Gasteiger partial charge >= 0.3 is 0 Å². The highest BCUT2D eigenvalue weighted by Crippen LogP contribution is 2.18. The summed E-state index contributed by atoms with van der Waals surface area (Å²) in [5.74, 6) is -4.22. The lowest BCUT2D eigenvalue weighted by Gasteiger charge is -2.27. The summed E-state index contributed by atoms with van der Waals surface area (Å²) in [6, 6.07) is 21.8. The minimum absolute atomic E-state index is 0.136. The van der Waals surface area contributed by atoms with E-state index >= 15 is 0 Å². The van der Waals surface area contributed by atoms with Gasteiger partial charge in [-0.15, -0.1) is 0 Å². The summed E-state index contributed by atoms with van der Waals surface area (Å²) < 4.78 is 0. The summed E-state index contributed by atoms with van der Waals surface area (Å²) in [4.78, 5) is 82.1. The Kier molecular flexibility index (Phi) is 12.0. The van der Waals surface area contributed by atoms with Crippen LogP contribution in [0.15, 0.2) is 91.1 Å². The van der Waals surface area contributed by atoms with E-state index in [9.17, 15) is 28.8 Å². The average molecular weight is 654 g/mol. The molecule has 6 amide bonds. The Hall–Kier alpha value is -5.98. The first-order valence-electron chi connectivity index (χ1n) is 15.4. The van der Waals surface area contributed by atoms with Crippen molar-refractivity contribution in [2.45, 2.75) is 50.4 Å². The smallest absolute Gasteiger partial charge is 0.254 e. The van der Waals surface area contributed by atoms with E-state index in [0.29, 0.717) is 10.9 Å². The molecule has 0 aliphatic heterocycles. The van der Waals surface area contributed by atoms with Gasteiger partial charge in [0.1, 0.15) is 18.1 Å². The molecule has 0 aliphatic carbocycles. The summed E-state index contributed by atoms with van der Waals surface area (Å²) in [5.41, 5.74) is 13.2. The predicted octanol–water partition coefficient (Wildman–Crippen LogP) is 1.28. The van der Waals surface area contributed by atoms with Gasteiger partial charge in [0.2, 0.25) is 29.5 Å². The molecule has 0 saturated heterocycles. The van der Waals surface area contributed by atoms with Gasteiger partial charge in [0.05, 0.1) is 12.0 Å². The minimum atomic E-state index is -1.47. The van der Waals surface area contributed by atoms with Gasteiger partial charge in [0.25, 0.3) is 5.91 Å². The fraction of sp³-hybridized carbons (Fsp3) is 0.257. The average Bonchev–Trinajstić information content (AvgIpc) is 3.51. The molecule has 3 aromatic carbocycles. The molecule has 4 rings (SSSR count). The molecule has 1 aromatic heterocycles. The van der Waals surface area contributed by atoms with Crippen LogP contribution in [0.2, 0.25) is 0 Å². The Morgan fingerprint density at radius 1 is 0.750 bits per heavy atom. The molecule has 13 heteroatoms. The lowest BCUT2D eigenvalue weighted by Crippen LogP contribution is -2.56. The summed E-state index contributed by atoms with van der Waals surface area (Å²) >= 11 is 0. The number of carbonyl (C=O) groups is 6. The number of likely N-dealkylation sites (N-methyl/N-ethyl adjacent to an activating group) is 1. The minimum Gasteiger partial charge on any atom is -0.370 e. The van der Waals surface area contributed by atoms with Crippen LogP contribution in [0.5, 0.6) is 0 Å². The van der Waals surface area contributed by atoms with Crippen LogP contribution in [-0.2, 0) is 36.9 Å². The zero-order valence-electron chi connectivity index (χ0n) is 26.5. The van der Waals surface area contributed by atoms with Crippen molar-refractivity contribution in [1.82, 2.24) is 25.8 Å². The van der Waals surface area contributed by atoms with Gasteiger partial charge in [-0.3, -0.25) is 28.8 Å². The number of primary amides is 2. The first kappa shape index (κ1) is 34.9. The maximum absolute atomic E-state index is 13.9. The lowest BCUT2D eigenvalue weighted by molar-refractivity contribution is -0.136. The molecule has 0 fully saturated rings. The first-order chi connectivity index (χ1) is 23.0. The van der Waals surface area contributed by atoms with Crippen LogP contribution in [0, 0.1) is 0 Å². The summed E-state index contributed by atoms with van der Waals surface area (Å²) in [5, 5.41) is 8.40. The number of nitrogens with two attached hydrogens (primary N) is 2. The summed E-state index contributed by atoms with van der Waals surface area (Å²) in [6.45, 7) is 0.282. The molecule has 3 atom stereocenters. The highest BCUT2D eigenvalue weighted by Gasteiger charge is 2.32. The second kappa shape index (κ2) is 16.5. The molecular weight excluding hydrogens is 614 g/mol. The quantitative estimate of drug-likeness (QED) is 0.105. The number of carbonyl (C=O) groups excluding carboxylic acids is 6. The summed E-state index contributed by atoms with van der Waals surface area (Å²) in [7, 11) is 1.62. The molecule has 8 N–H and O–H groups in total. The Bertz CT molecular complexity index is 1760. The van der Waals surface area contributed by atoms with Crippen molar-refractivity contribution in [2.75, 3.05) is 7.05 Å². The first-order valence-corrected chi connectivity index (χ1v) is 15.4. The van der Waals surface area contributed by atoms with Crippen molar-refractivity contribution < 1.29 is 28.8 Å². The van der Waals surface area contributed by atoms with Gasteiger partial charge in [-0.2, -0.15) is 0 Å². The molecule has 13 nitrogen and oxygen atoms in total. The SMILES string of the molecule is CN(Cc1ccccc1)C(=O)[C@@H](Cc1ccccc1)NC(=O)C(CC(=O)NC(CCC(N)=O)C(N)=O)NC(=O)c1c[nH]c2ccccc12. The molecule has 250 valence electrons.